The van der Waals surface area contributed by atoms with E-state index in [1.165, 1.54) is 0 Å². The molecular weight excluding hydrogens is 240 g/mol. The smallest absolute Gasteiger partial charge is 0.163 e. The summed E-state index contributed by atoms with van der Waals surface area (Å²) in [7, 11) is 0. The second-order valence-corrected chi connectivity index (χ2v) is 3.99. The van der Waals surface area contributed by atoms with E-state index < -0.39 is 0 Å². The van der Waals surface area contributed by atoms with Crippen molar-refractivity contribution >= 4 is 22.5 Å². The van der Waals surface area contributed by atoms with Crippen LogP contribution in [-0.2, 0) is 0 Å². The first-order valence-electron chi connectivity index (χ1n) is 5.08. The summed E-state index contributed by atoms with van der Waals surface area (Å²) in [6.45, 7) is 1.06. The Labute approximate surface area is 102 Å². The summed E-state index contributed by atoms with van der Waals surface area (Å²) >= 11 is 5.88. The van der Waals surface area contributed by atoms with Crippen molar-refractivity contribution in [3.8, 4) is 17.6 Å². The number of hydrogen-bond acceptors (Lipinski definition) is 4. The summed E-state index contributed by atoms with van der Waals surface area (Å²) in [5, 5.41) is 9.91. The molecule has 1 aromatic carbocycles. The lowest BCUT2D eigenvalue weighted by atomic mass is 10.1. The molecule has 0 unspecified atom stereocenters. The molecule has 1 aliphatic heterocycles. The van der Waals surface area contributed by atoms with Crippen LogP contribution in [0.2, 0.25) is 5.15 Å². The van der Waals surface area contributed by atoms with Gasteiger partial charge in [-0.25, -0.2) is 4.98 Å². The van der Waals surface area contributed by atoms with Gasteiger partial charge in [0, 0.05) is 11.5 Å². The van der Waals surface area contributed by atoms with Crippen molar-refractivity contribution in [3.63, 3.8) is 0 Å². The number of rotatable bonds is 0. The minimum absolute atomic E-state index is 0.205. The number of hydrogen-bond donors (Lipinski definition) is 0. The third-order valence-corrected chi connectivity index (χ3v) is 2.84. The van der Waals surface area contributed by atoms with Crippen LogP contribution in [0.15, 0.2) is 18.2 Å². The third-order valence-electron chi connectivity index (χ3n) is 2.55. The van der Waals surface area contributed by atoms with Gasteiger partial charge in [0.05, 0.1) is 11.1 Å². The number of pyridine rings is 1. The number of nitriles is 1. The molecular formula is C12H7ClN2O2. The van der Waals surface area contributed by atoms with Crippen LogP contribution in [0.5, 0.6) is 11.5 Å². The molecule has 0 amide bonds. The quantitative estimate of drug-likeness (QED) is 0.671. The van der Waals surface area contributed by atoms with E-state index in [0.717, 1.165) is 5.39 Å². The number of benzene rings is 1. The molecule has 0 radical (unpaired) electrons. The molecule has 17 heavy (non-hydrogen) atoms. The fraction of sp³-hybridized carbons (Fsp3) is 0.167. The molecule has 1 aliphatic rings. The number of fused-ring (bicyclic) bond motifs is 2. The molecule has 2 aromatic rings. The van der Waals surface area contributed by atoms with Crippen molar-refractivity contribution in [1.29, 1.82) is 5.26 Å². The minimum atomic E-state index is 0.205. The highest BCUT2D eigenvalue weighted by Gasteiger charge is 2.14. The lowest BCUT2D eigenvalue weighted by molar-refractivity contribution is 0.172. The molecule has 0 fully saturated rings. The Bertz CT molecular complexity index is 649. The lowest BCUT2D eigenvalue weighted by Gasteiger charge is -2.18. The van der Waals surface area contributed by atoms with E-state index in [1.807, 2.05) is 12.1 Å². The molecule has 1 aromatic heterocycles. The van der Waals surface area contributed by atoms with Crippen LogP contribution in [-0.4, -0.2) is 18.2 Å². The van der Waals surface area contributed by atoms with Crippen LogP contribution < -0.4 is 9.47 Å². The minimum Gasteiger partial charge on any atom is -0.486 e. The Morgan fingerprint density at radius 3 is 2.59 bits per heavy atom. The van der Waals surface area contributed by atoms with Gasteiger partial charge in [-0.3, -0.25) is 0 Å². The molecule has 2 heterocycles. The normalized spacial score (nSPS) is 13.4. The first-order chi connectivity index (χ1) is 8.28. The largest absolute Gasteiger partial charge is 0.486 e. The summed E-state index contributed by atoms with van der Waals surface area (Å²) in [4.78, 5) is 4.16. The zero-order valence-electron chi connectivity index (χ0n) is 8.74. The summed E-state index contributed by atoms with van der Waals surface area (Å²) < 4.78 is 10.9. The van der Waals surface area contributed by atoms with E-state index in [4.69, 9.17) is 26.3 Å². The molecule has 0 bridgehead atoms. The van der Waals surface area contributed by atoms with Crippen LogP contribution >= 0.6 is 11.6 Å². The summed E-state index contributed by atoms with van der Waals surface area (Å²) in [6, 6.07) is 7.29. The summed E-state index contributed by atoms with van der Waals surface area (Å²) in [6.07, 6.45) is 0. The molecule has 5 heteroatoms. The van der Waals surface area contributed by atoms with E-state index in [1.54, 1.807) is 12.1 Å². The Morgan fingerprint density at radius 1 is 1.18 bits per heavy atom. The van der Waals surface area contributed by atoms with Crippen LogP contribution in [0.25, 0.3) is 10.9 Å². The molecule has 4 nitrogen and oxygen atoms in total. The molecule has 0 saturated heterocycles. The van der Waals surface area contributed by atoms with Crippen molar-refractivity contribution in [2.45, 2.75) is 0 Å². The molecule has 84 valence electrons. The SMILES string of the molecule is N#Cc1cc2cc3c(cc2nc1Cl)OCCO3. The topological polar surface area (TPSA) is 55.1 Å². The average Bonchev–Trinajstić information content (AvgIpc) is 2.35. The van der Waals surface area contributed by atoms with E-state index >= 15 is 0 Å². The average molecular weight is 247 g/mol. The Kier molecular flexibility index (Phi) is 2.27. The zero-order chi connectivity index (χ0) is 11.8. The highest BCUT2D eigenvalue weighted by atomic mass is 35.5. The fourth-order valence-electron chi connectivity index (χ4n) is 1.77. The molecule has 0 aliphatic carbocycles. The van der Waals surface area contributed by atoms with Crippen LogP contribution in [0.1, 0.15) is 5.56 Å². The second-order valence-electron chi connectivity index (χ2n) is 3.63. The van der Waals surface area contributed by atoms with Gasteiger partial charge < -0.3 is 9.47 Å². The van der Waals surface area contributed by atoms with Crippen molar-refractivity contribution in [2.24, 2.45) is 0 Å². The molecule has 0 spiro atoms. The number of nitrogens with zero attached hydrogens (tertiary/aromatic N) is 2. The maximum atomic E-state index is 8.89. The van der Waals surface area contributed by atoms with Crippen molar-refractivity contribution in [3.05, 3.63) is 28.9 Å². The highest BCUT2D eigenvalue weighted by Crippen LogP contribution is 2.34. The van der Waals surface area contributed by atoms with Gasteiger partial charge in [-0.1, -0.05) is 11.6 Å². The van der Waals surface area contributed by atoms with Crippen molar-refractivity contribution in [2.75, 3.05) is 13.2 Å². The summed E-state index contributed by atoms with van der Waals surface area (Å²) in [5.74, 6) is 1.34. The van der Waals surface area contributed by atoms with Crippen molar-refractivity contribution in [1.82, 2.24) is 4.98 Å². The Balaban J connectivity index is 2.27. The zero-order valence-corrected chi connectivity index (χ0v) is 9.49. The van der Waals surface area contributed by atoms with E-state index in [-0.39, 0.29) is 5.15 Å². The maximum absolute atomic E-state index is 8.89. The molecule has 0 atom stereocenters. The van der Waals surface area contributed by atoms with E-state index in [9.17, 15) is 0 Å². The van der Waals surface area contributed by atoms with Gasteiger partial charge in [-0.15, -0.1) is 0 Å². The van der Waals surface area contributed by atoms with E-state index in [0.29, 0.717) is 35.8 Å². The summed E-state index contributed by atoms with van der Waals surface area (Å²) in [5.41, 5.74) is 1.05. The van der Waals surface area contributed by atoms with Crippen LogP contribution in [0.4, 0.5) is 0 Å². The van der Waals surface area contributed by atoms with Crippen LogP contribution in [0, 0.1) is 11.3 Å². The van der Waals surface area contributed by atoms with Gasteiger partial charge in [0.2, 0.25) is 0 Å². The first-order valence-corrected chi connectivity index (χ1v) is 5.46. The second kappa shape index (κ2) is 3.79. The monoisotopic (exact) mass is 246 g/mol. The number of ether oxygens (including phenoxy) is 2. The standard InChI is InChI=1S/C12H7ClN2O2/c13-12-8(6-14)3-7-4-10-11(5-9(7)15-12)17-2-1-16-10/h3-5H,1-2H2. The lowest BCUT2D eigenvalue weighted by Crippen LogP contribution is -2.15. The Hall–Kier alpha value is -1.99. The highest BCUT2D eigenvalue weighted by molar-refractivity contribution is 6.31. The first kappa shape index (κ1) is 10.2. The van der Waals surface area contributed by atoms with E-state index in [2.05, 4.69) is 4.98 Å². The van der Waals surface area contributed by atoms with Gasteiger partial charge >= 0.3 is 0 Å². The number of halogens is 1. The third kappa shape index (κ3) is 1.65. The van der Waals surface area contributed by atoms with Crippen LogP contribution in [0.3, 0.4) is 0 Å². The van der Waals surface area contributed by atoms with Gasteiger partial charge in [-0.05, 0) is 12.1 Å². The Morgan fingerprint density at radius 2 is 1.88 bits per heavy atom. The predicted molar refractivity (Wildman–Crippen MR) is 62.5 cm³/mol. The predicted octanol–water partition coefficient (Wildman–Crippen LogP) is 2.53. The van der Waals surface area contributed by atoms with Gasteiger partial charge in [0.25, 0.3) is 0 Å². The molecule has 0 N–H and O–H groups in total. The van der Waals surface area contributed by atoms with Crippen molar-refractivity contribution < 1.29 is 9.47 Å². The van der Waals surface area contributed by atoms with Gasteiger partial charge in [0.15, 0.2) is 11.5 Å². The van der Waals surface area contributed by atoms with Gasteiger partial charge in [-0.2, -0.15) is 5.26 Å². The van der Waals surface area contributed by atoms with Gasteiger partial charge in [0.1, 0.15) is 24.4 Å². The number of aromatic nitrogens is 1. The maximum Gasteiger partial charge on any atom is 0.163 e. The fourth-order valence-corrected chi connectivity index (χ4v) is 1.95. The molecule has 3 rings (SSSR count). The molecule has 0 saturated carbocycles.